The summed E-state index contributed by atoms with van der Waals surface area (Å²) in [5, 5.41) is 2.76. The van der Waals surface area contributed by atoms with Crippen molar-refractivity contribution in [2.24, 2.45) is 0 Å². The van der Waals surface area contributed by atoms with Crippen molar-refractivity contribution in [3.63, 3.8) is 0 Å². The summed E-state index contributed by atoms with van der Waals surface area (Å²) >= 11 is 0. The number of carbonyl (C=O) groups excluding carboxylic acids is 2. The molecule has 1 fully saturated rings. The fourth-order valence-electron chi connectivity index (χ4n) is 2.82. The van der Waals surface area contributed by atoms with Gasteiger partial charge in [0, 0.05) is 30.7 Å². The Kier molecular flexibility index (Phi) is 5.46. The zero-order chi connectivity index (χ0) is 18.5. The highest BCUT2D eigenvalue weighted by atomic mass is 16.5. The molecule has 2 aromatic rings. The molecule has 1 aromatic carbocycles. The molecule has 3 rings (SSSR count). The molecule has 7 heteroatoms. The van der Waals surface area contributed by atoms with Crippen LogP contribution in [-0.4, -0.2) is 41.0 Å². The molecule has 0 saturated carbocycles. The average Bonchev–Trinajstić information content (AvgIpc) is 3.17. The van der Waals surface area contributed by atoms with Crippen molar-refractivity contribution in [1.29, 1.82) is 0 Å². The van der Waals surface area contributed by atoms with Gasteiger partial charge in [0.25, 0.3) is 5.91 Å². The first-order chi connectivity index (χ1) is 12.5. The third-order valence-corrected chi connectivity index (χ3v) is 4.24. The van der Waals surface area contributed by atoms with E-state index in [-0.39, 0.29) is 5.69 Å². The molecule has 0 unspecified atom stereocenters. The van der Waals surface area contributed by atoms with E-state index in [4.69, 9.17) is 4.74 Å². The second kappa shape index (κ2) is 7.95. The maximum absolute atomic E-state index is 12.3. The smallest absolute Gasteiger partial charge is 0.357 e. The maximum Gasteiger partial charge on any atom is 0.357 e. The topological polar surface area (TPSA) is 84.4 Å². The van der Waals surface area contributed by atoms with Gasteiger partial charge in [0.15, 0.2) is 11.8 Å². The van der Waals surface area contributed by atoms with Crippen LogP contribution in [0.2, 0.25) is 0 Å². The lowest BCUT2D eigenvalue weighted by Gasteiger charge is -2.18. The lowest BCUT2D eigenvalue weighted by atomic mass is 10.2. The molecule has 1 atom stereocenters. The Morgan fingerprint density at radius 1 is 1.15 bits per heavy atom. The number of aromatic nitrogens is 2. The van der Waals surface area contributed by atoms with Gasteiger partial charge >= 0.3 is 5.97 Å². The first-order valence-electron chi connectivity index (χ1n) is 8.69. The van der Waals surface area contributed by atoms with Gasteiger partial charge in [-0.3, -0.25) is 4.79 Å². The predicted molar refractivity (Wildman–Crippen MR) is 98.2 cm³/mol. The summed E-state index contributed by atoms with van der Waals surface area (Å²) in [5.41, 5.74) is 1.95. The van der Waals surface area contributed by atoms with E-state index in [9.17, 15) is 9.59 Å². The van der Waals surface area contributed by atoms with Gasteiger partial charge < -0.3 is 15.0 Å². The molecule has 0 spiro atoms. The fourth-order valence-corrected chi connectivity index (χ4v) is 2.82. The number of aryl methyl sites for hydroxylation is 1. The summed E-state index contributed by atoms with van der Waals surface area (Å²) in [6.45, 7) is 5.35. The van der Waals surface area contributed by atoms with Crippen LogP contribution in [-0.2, 0) is 9.53 Å². The molecule has 1 amide bonds. The van der Waals surface area contributed by atoms with E-state index < -0.39 is 18.0 Å². The van der Waals surface area contributed by atoms with Gasteiger partial charge in [-0.25, -0.2) is 14.8 Å². The lowest BCUT2D eigenvalue weighted by molar-refractivity contribution is -0.123. The van der Waals surface area contributed by atoms with Crippen molar-refractivity contribution in [2.75, 3.05) is 23.3 Å². The maximum atomic E-state index is 12.3. The fraction of sp³-hybridized carbons (Fsp3) is 0.368. The third-order valence-electron chi connectivity index (χ3n) is 4.24. The molecule has 1 saturated heterocycles. The molecule has 1 N–H and O–H groups in total. The van der Waals surface area contributed by atoms with Gasteiger partial charge in [0.1, 0.15) is 5.82 Å². The summed E-state index contributed by atoms with van der Waals surface area (Å²) in [6.07, 6.45) is 2.97. The summed E-state index contributed by atoms with van der Waals surface area (Å²) in [6, 6.07) is 9.14. The highest BCUT2D eigenvalue weighted by Gasteiger charge is 2.20. The Hall–Kier alpha value is -2.96. The monoisotopic (exact) mass is 354 g/mol. The molecule has 136 valence electrons. The van der Waals surface area contributed by atoms with Crippen LogP contribution in [0, 0.1) is 6.92 Å². The Bertz CT molecular complexity index is 786. The highest BCUT2D eigenvalue weighted by molar-refractivity contribution is 5.96. The van der Waals surface area contributed by atoms with E-state index in [2.05, 4.69) is 20.2 Å². The second-order valence-corrected chi connectivity index (χ2v) is 6.27. The predicted octanol–water partition coefficient (Wildman–Crippen LogP) is 2.57. The lowest BCUT2D eigenvalue weighted by Crippen LogP contribution is -2.30. The van der Waals surface area contributed by atoms with E-state index in [1.165, 1.54) is 32.0 Å². The first-order valence-corrected chi connectivity index (χ1v) is 8.69. The van der Waals surface area contributed by atoms with Gasteiger partial charge in [-0.15, -0.1) is 0 Å². The molecule has 26 heavy (non-hydrogen) atoms. The van der Waals surface area contributed by atoms with Crippen LogP contribution >= 0.6 is 0 Å². The number of benzene rings is 1. The van der Waals surface area contributed by atoms with Crippen molar-refractivity contribution >= 4 is 23.3 Å². The molecule has 1 aliphatic heterocycles. The number of anilines is 2. The zero-order valence-electron chi connectivity index (χ0n) is 14.9. The Morgan fingerprint density at radius 3 is 2.50 bits per heavy atom. The zero-order valence-corrected chi connectivity index (χ0v) is 14.9. The van der Waals surface area contributed by atoms with Crippen molar-refractivity contribution in [3.05, 3.63) is 48.0 Å². The van der Waals surface area contributed by atoms with Crippen LogP contribution in [0.4, 0.5) is 11.4 Å². The number of hydrogen-bond donors (Lipinski definition) is 1. The van der Waals surface area contributed by atoms with E-state index in [1.807, 2.05) is 24.3 Å². The highest BCUT2D eigenvalue weighted by Crippen LogP contribution is 2.22. The summed E-state index contributed by atoms with van der Waals surface area (Å²) in [7, 11) is 0. The van der Waals surface area contributed by atoms with Gasteiger partial charge in [0.2, 0.25) is 0 Å². The van der Waals surface area contributed by atoms with Crippen molar-refractivity contribution in [2.45, 2.75) is 32.8 Å². The minimum absolute atomic E-state index is 0.132. The molecule has 0 radical (unpaired) electrons. The number of hydrogen-bond acceptors (Lipinski definition) is 6. The van der Waals surface area contributed by atoms with Crippen LogP contribution in [0.5, 0.6) is 0 Å². The minimum atomic E-state index is -0.934. The number of amides is 1. The number of carbonyl (C=O) groups is 2. The normalized spacial score (nSPS) is 14.8. The van der Waals surface area contributed by atoms with Crippen molar-refractivity contribution in [3.8, 4) is 0 Å². The van der Waals surface area contributed by atoms with E-state index in [0.29, 0.717) is 11.5 Å². The van der Waals surface area contributed by atoms with Gasteiger partial charge in [-0.2, -0.15) is 0 Å². The second-order valence-electron chi connectivity index (χ2n) is 6.27. The number of ether oxygens (including phenoxy) is 1. The van der Waals surface area contributed by atoms with Crippen LogP contribution in [0.25, 0.3) is 0 Å². The van der Waals surface area contributed by atoms with E-state index >= 15 is 0 Å². The minimum Gasteiger partial charge on any atom is -0.448 e. The molecule has 0 aliphatic carbocycles. The summed E-state index contributed by atoms with van der Waals surface area (Å²) < 4.78 is 5.18. The average molecular weight is 354 g/mol. The molecule has 7 nitrogen and oxygen atoms in total. The van der Waals surface area contributed by atoms with Crippen molar-refractivity contribution < 1.29 is 14.3 Å². The standard InChI is InChI=1S/C19H22N4O3/c1-13(26-19(25)17-9-10-20-14(2)21-17)18(24)22-15-5-7-16(8-6-15)23-11-3-4-12-23/h5-10,13H,3-4,11-12H2,1-2H3,(H,22,24)/t13-/m0/s1. The molecule has 1 aliphatic rings. The molecular formula is C19H22N4O3. The van der Waals surface area contributed by atoms with E-state index in [1.54, 1.807) is 6.92 Å². The van der Waals surface area contributed by atoms with Gasteiger partial charge in [-0.1, -0.05) is 0 Å². The third kappa shape index (κ3) is 4.36. The molecule has 1 aromatic heterocycles. The summed E-state index contributed by atoms with van der Waals surface area (Å²) in [5.74, 6) is -0.574. The van der Waals surface area contributed by atoms with Crippen LogP contribution in [0.1, 0.15) is 36.1 Å². The molecule has 0 bridgehead atoms. The van der Waals surface area contributed by atoms with Gasteiger partial charge in [0.05, 0.1) is 0 Å². The van der Waals surface area contributed by atoms with Crippen LogP contribution in [0.15, 0.2) is 36.5 Å². The molecular weight excluding hydrogens is 332 g/mol. The van der Waals surface area contributed by atoms with Crippen LogP contribution in [0.3, 0.4) is 0 Å². The number of esters is 1. The Morgan fingerprint density at radius 2 is 1.85 bits per heavy atom. The SMILES string of the molecule is Cc1nccc(C(=O)O[C@@H](C)C(=O)Nc2ccc(N3CCCC3)cc2)n1. The van der Waals surface area contributed by atoms with Gasteiger partial charge in [-0.05, 0) is 57.0 Å². The number of rotatable bonds is 5. The Labute approximate surface area is 152 Å². The summed E-state index contributed by atoms with van der Waals surface area (Å²) in [4.78, 5) is 34.6. The number of nitrogens with zero attached hydrogens (tertiary/aromatic N) is 3. The first kappa shape index (κ1) is 17.8. The van der Waals surface area contributed by atoms with Crippen LogP contribution < -0.4 is 10.2 Å². The molecule has 2 heterocycles. The van der Waals surface area contributed by atoms with E-state index in [0.717, 1.165) is 18.8 Å². The van der Waals surface area contributed by atoms with Crippen molar-refractivity contribution in [1.82, 2.24) is 9.97 Å². The number of nitrogens with one attached hydrogen (secondary N) is 1. The Balaban J connectivity index is 1.56. The quantitative estimate of drug-likeness (QED) is 0.831. The largest absolute Gasteiger partial charge is 0.448 e.